The molecule has 0 spiro atoms. The fourth-order valence-corrected chi connectivity index (χ4v) is 3.10. The van der Waals surface area contributed by atoms with E-state index in [0.717, 1.165) is 6.42 Å². The molecular formula is C20H23N5O2. The largest absolute Gasteiger partial charge is 0.384 e. The van der Waals surface area contributed by atoms with Crippen molar-refractivity contribution in [3.63, 3.8) is 0 Å². The smallest absolute Gasteiger partial charge is 0.204 e. The molecule has 0 radical (unpaired) electrons. The highest BCUT2D eigenvalue weighted by atomic mass is 16.3. The van der Waals surface area contributed by atoms with Crippen molar-refractivity contribution < 1.29 is 5.11 Å². The zero-order chi connectivity index (χ0) is 19.6. The highest BCUT2D eigenvalue weighted by Crippen LogP contribution is 2.23. The van der Waals surface area contributed by atoms with E-state index in [2.05, 4.69) is 26.8 Å². The summed E-state index contributed by atoms with van der Waals surface area (Å²) < 4.78 is 1.77. The molecule has 3 rings (SSSR count). The number of aromatic amines is 1. The summed E-state index contributed by atoms with van der Waals surface area (Å²) in [4.78, 5) is 24.6. The van der Waals surface area contributed by atoms with E-state index in [9.17, 15) is 9.90 Å². The maximum absolute atomic E-state index is 13.0. The van der Waals surface area contributed by atoms with Crippen LogP contribution in [-0.2, 0) is 6.54 Å². The first kappa shape index (κ1) is 18.7. The standard InChI is InChI=1S/C20H23N5O2/c1-4-9-20(3,27)10-8-13-6-7-14-16(26)15(18-22-11-12-23-18)17(21)25(5-2)19(14)24-13/h6-7,11-12,27H,4-5,9,21H2,1-3H3,(H,22,23)/t20-/m1/s1. The number of rotatable bonds is 4. The van der Waals surface area contributed by atoms with Crippen molar-refractivity contribution in [2.75, 3.05) is 5.73 Å². The summed E-state index contributed by atoms with van der Waals surface area (Å²) in [5, 5.41) is 10.7. The number of pyridine rings is 2. The molecule has 0 saturated carbocycles. The Kier molecular flexibility index (Phi) is 5.02. The van der Waals surface area contributed by atoms with Gasteiger partial charge in [-0.1, -0.05) is 19.3 Å². The molecule has 1 atom stereocenters. The van der Waals surface area contributed by atoms with Crippen molar-refractivity contribution in [3.8, 4) is 23.2 Å². The minimum absolute atomic E-state index is 0.230. The van der Waals surface area contributed by atoms with Crippen LogP contribution in [0.1, 0.15) is 39.3 Å². The van der Waals surface area contributed by atoms with E-state index in [-0.39, 0.29) is 5.43 Å². The van der Waals surface area contributed by atoms with Gasteiger partial charge >= 0.3 is 0 Å². The van der Waals surface area contributed by atoms with Gasteiger partial charge < -0.3 is 20.4 Å². The third-order valence-corrected chi connectivity index (χ3v) is 4.40. The lowest BCUT2D eigenvalue weighted by Crippen LogP contribution is -2.21. The van der Waals surface area contributed by atoms with Crippen molar-refractivity contribution in [2.24, 2.45) is 0 Å². The third kappa shape index (κ3) is 3.57. The Morgan fingerprint density at radius 2 is 2.15 bits per heavy atom. The Labute approximate surface area is 157 Å². The van der Waals surface area contributed by atoms with Crippen LogP contribution in [0, 0.1) is 11.8 Å². The summed E-state index contributed by atoms with van der Waals surface area (Å²) in [7, 11) is 0. The molecule has 7 nitrogen and oxygen atoms in total. The van der Waals surface area contributed by atoms with Crippen LogP contribution in [0.3, 0.4) is 0 Å². The fourth-order valence-electron chi connectivity index (χ4n) is 3.10. The highest BCUT2D eigenvalue weighted by molar-refractivity contribution is 5.86. The molecule has 0 unspecified atom stereocenters. The molecule has 7 heteroatoms. The molecule has 0 aliphatic rings. The summed E-state index contributed by atoms with van der Waals surface area (Å²) in [6, 6.07) is 3.38. The van der Waals surface area contributed by atoms with Crippen molar-refractivity contribution in [2.45, 2.75) is 45.8 Å². The monoisotopic (exact) mass is 365 g/mol. The number of aromatic nitrogens is 4. The second kappa shape index (κ2) is 7.25. The summed E-state index contributed by atoms with van der Waals surface area (Å²) in [5.41, 5.74) is 6.25. The summed E-state index contributed by atoms with van der Waals surface area (Å²) in [6.07, 6.45) is 4.63. The molecule has 3 aromatic heterocycles. The van der Waals surface area contributed by atoms with Gasteiger partial charge in [0.15, 0.2) is 0 Å². The lowest BCUT2D eigenvalue weighted by Gasteiger charge is -2.15. The fraction of sp³-hybridized carbons (Fsp3) is 0.350. The van der Waals surface area contributed by atoms with Gasteiger partial charge in [0, 0.05) is 18.9 Å². The Balaban J connectivity index is 2.20. The van der Waals surface area contributed by atoms with E-state index < -0.39 is 5.60 Å². The molecule has 3 aromatic rings. The third-order valence-electron chi connectivity index (χ3n) is 4.40. The molecule has 27 heavy (non-hydrogen) atoms. The van der Waals surface area contributed by atoms with Crippen LogP contribution in [0.2, 0.25) is 0 Å². The lowest BCUT2D eigenvalue weighted by atomic mass is 10.0. The number of fused-ring (bicyclic) bond motifs is 1. The summed E-state index contributed by atoms with van der Waals surface area (Å²) in [6.45, 7) is 6.13. The van der Waals surface area contributed by atoms with E-state index in [1.54, 1.807) is 36.0 Å². The normalized spacial score (nSPS) is 13.2. The predicted octanol–water partition coefficient (Wildman–Crippen LogP) is 2.29. The Hall–Kier alpha value is -3.11. The van der Waals surface area contributed by atoms with Gasteiger partial charge in [0.1, 0.15) is 34.1 Å². The van der Waals surface area contributed by atoms with Crippen LogP contribution in [0.25, 0.3) is 22.4 Å². The van der Waals surface area contributed by atoms with Gasteiger partial charge in [0.05, 0.1) is 5.39 Å². The van der Waals surface area contributed by atoms with Crippen LogP contribution in [0.15, 0.2) is 29.3 Å². The molecular weight excluding hydrogens is 342 g/mol. The molecule has 0 bridgehead atoms. The molecule has 0 aromatic carbocycles. The molecule has 0 fully saturated rings. The summed E-state index contributed by atoms with van der Waals surface area (Å²) in [5.74, 6) is 6.50. The second-order valence-electron chi connectivity index (χ2n) is 6.61. The van der Waals surface area contributed by atoms with Crippen LogP contribution in [-0.4, -0.2) is 30.2 Å². The minimum atomic E-state index is -1.07. The number of anilines is 1. The molecule has 4 N–H and O–H groups in total. The van der Waals surface area contributed by atoms with E-state index >= 15 is 0 Å². The van der Waals surface area contributed by atoms with Gasteiger partial charge in [-0.15, -0.1) is 0 Å². The van der Waals surface area contributed by atoms with Gasteiger partial charge in [-0.05, 0) is 38.3 Å². The van der Waals surface area contributed by atoms with E-state index in [1.807, 2.05) is 13.8 Å². The van der Waals surface area contributed by atoms with Crippen molar-refractivity contribution in [1.29, 1.82) is 0 Å². The maximum Gasteiger partial charge on any atom is 0.204 e. The van der Waals surface area contributed by atoms with Gasteiger partial charge in [-0.2, -0.15) is 0 Å². The quantitative estimate of drug-likeness (QED) is 0.615. The number of aliphatic hydroxyl groups is 1. The number of nitrogen functional groups attached to an aromatic ring is 1. The Bertz CT molecular complexity index is 1090. The van der Waals surface area contributed by atoms with Crippen LogP contribution >= 0.6 is 0 Å². The van der Waals surface area contributed by atoms with Crippen molar-refractivity contribution in [3.05, 3.63) is 40.4 Å². The maximum atomic E-state index is 13.0. The lowest BCUT2D eigenvalue weighted by molar-refractivity contribution is 0.111. The van der Waals surface area contributed by atoms with Crippen LogP contribution in [0.4, 0.5) is 5.82 Å². The number of nitrogens with zero attached hydrogens (tertiary/aromatic N) is 3. The first-order valence-electron chi connectivity index (χ1n) is 8.96. The van der Waals surface area contributed by atoms with E-state index in [0.29, 0.717) is 46.9 Å². The number of hydrogen-bond donors (Lipinski definition) is 3. The number of nitrogens with two attached hydrogens (primary N) is 1. The average Bonchev–Trinajstić information content (AvgIpc) is 3.14. The zero-order valence-electron chi connectivity index (χ0n) is 15.7. The SMILES string of the molecule is CCC[C@@](C)(O)C#Cc1ccc2c(=O)c(-c3ncc[nH]3)c(N)n(CC)c2n1. The number of H-pyrrole nitrogens is 1. The number of nitrogens with one attached hydrogen (secondary N) is 1. The first-order chi connectivity index (χ1) is 12.9. The molecule has 3 heterocycles. The van der Waals surface area contributed by atoms with Gasteiger partial charge in [-0.25, -0.2) is 9.97 Å². The van der Waals surface area contributed by atoms with E-state index in [4.69, 9.17) is 5.73 Å². The number of hydrogen-bond acceptors (Lipinski definition) is 5. The van der Waals surface area contributed by atoms with Gasteiger partial charge in [0.2, 0.25) is 5.43 Å². The predicted molar refractivity (Wildman–Crippen MR) is 106 cm³/mol. The molecule has 140 valence electrons. The van der Waals surface area contributed by atoms with Crippen LogP contribution < -0.4 is 11.2 Å². The summed E-state index contributed by atoms with van der Waals surface area (Å²) >= 11 is 0. The minimum Gasteiger partial charge on any atom is -0.384 e. The number of imidazole rings is 1. The van der Waals surface area contributed by atoms with Gasteiger partial charge in [0.25, 0.3) is 0 Å². The van der Waals surface area contributed by atoms with E-state index in [1.165, 1.54) is 0 Å². The van der Waals surface area contributed by atoms with Crippen molar-refractivity contribution in [1.82, 2.24) is 19.5 Å². The molecule has 0 aliphatic heterocycles. The highest BCUT2D eigenvalue weighted by Gasteiger charge is 2.19. The second-order valence-corrected chi connectivity index (χ2v) is 6.61. The number of aryl methyl sites for hydroxylation is 1. The molecule has 0 aliphatic carbocycles. The molecule has 0 saturated heterocycles. The Morgan fingerprint density at radius 1 is 1.37 bits per heavy atom. The Morgan fingerprint density at radius 3 is 2.78 bits per heavy atom. The topological polar surface area (TPSA) is 110 Å². The first-order valence-corrected chi connectivity index (χ1v) is 8.96. The zero-order valence-corrected chi connectivity index (χ0v) is 15.7. The average molecular weight is 365 g/mol. The van der Waals surface area contributed by atoms with Crippen molar-refractivity contribution >= 4 is 16.9 Å². The molecule has 0 amide bonds. The van der Waals surface area contributed by atoms with Gasteiger partial charge in [-0.3, -0.25) is 4.79 Å². The van der Waals surface area contributed by atoms with Crippen LogP contribution in [0.5, 0.6) is 0 Å².